The minimum Gasteiger partial charge on any atom is -0.324 e. The zero-order valence-corrected chi connectivity index (χ0v) is 14.3. The van der Waals surface area contributed by atoms with E-state index in [9.17, 15) is 9.59 Å². The Kier molecular flexibility index (Phi) is 4.95. The van der Waals surface area contributed by atoms with E-state index in [4.69, 9.17) is 11.6 Å². The van der Waals surface area contributed by atoms with Crippen LogP contribution in [0.4, 0.5) is 5.69 Å². The smallest absolute Gasteiger partial charge is 0.254 e. The van der Waals surface area contributed by atoms with Crippen LogP contribution < -0.4 is 10.9 Å². The topological polar surface area (TPSA) is 64.0 Å². The van der Waals surface area contributed by atoms with Crippen LogP contribution in [-0.2, 0) is 11.3 Å². The molecule has 0 aliphatic rings. The van der Waals surface area contributed by atoms with Gasteiger partial charge in [-0.1, -0.05) is 47.5 Å². The first-order valence-electron chi connectivity index (χ1n) is 7.70. The third-order valence-corrected chi connectivity index (χ3v) is 3.88. The normalized spacial score (nSPS) is 10.5. The average molecular weight is 354 g/mol. The fourth-order valence-electron chi connectivity index (χ4n) is 2.35. The molecule has 0 bridgehead atoms. The Morgan fingerprint density at radius 1 is 1.16 bits per heavy atom. The van der Waals surface area contributed by atoms with Crippen molar-refractivity contribution in [3.63, 3.8) is 0 Å². The molecule has 0 unspecified atom stereocenters. The standard InChI is InChI=1S/C19H16ClN3O2/c1-13-5-7-14(8-6-13)17-10-19(25)23(12-21-17)11-18(24)22-16-4-2-3-15(20)9-16/h2-10,12H,11H2,1H3,(H,22,24). The summed E-state index contributed by atoms with van der Waals surface area (Å²) < 4.78 is 1.26. The zero-order valence-electron chi connectivity index (χ0n) is 13.6. The predicted octanol–water partition coefficient (Wildman–Crippen LogP) is 3.51. The molecule has 6 heteroatoms. The summed E-state index contributed by atoms with van der Waals surface area (Å²) in [7, 11) is 0. The second-order valence-electron chi connectivity index (χ2n) is 5.66. The van der Waals surface area contributed by atoms with E-state index in [0.29, 0.717) is 16.4 Å². The molecule has 1 aromatic heterocycles. The Morgan fingerprint density at radius 3 is 2.60 bits per heavy atom. The minimum absolute atomic E-state index is 0.119. The highest BCUT2D eigenvalue weighted by Gasteiger charge is 2.08. The number of carbonyl (C=O) groups is 1. The molecule has 2 aromatic carbocycles. The first kappa shape index (κ1) is 16.9. The van der Waals surface area contributed by atoms with E-state index in [0.717, 1.165) is 11.1 Å². The van der Waals surface area contributed by atoms with Crippen LogP contribution in [0.2, 0.25) is 5.02 Å². The van der Waals surface area contributed by atoms with E-state index in [-0.39, 0.29) is 18.0 Å². The van der Waals surface area contributed by atoms with Crippen molar-refractivity contribution in [3.05, 3.63) is 81.9 Å². The largest absolute Gasteiger partial charge is 0.324 e. The maximum absolute atomic E-state index is 12.2. The fraction of sp³-hybridized carbons (Fsp3) is 0.105. The lowest BCUT2D eigenvalue weighted by Crippen LogP contribution is -2.27. The number of aryl methyl sites for hydroxylation is 1. The van der Waals surface area contributed by atoms with Crippen LogP contribution in [0.15, 0.2) is 65.7 Å². The van der Waals surface area contributed by atoms with Gasteiger partial charge in [-0.05, 0) is 25.1 Å². The highest BCUT2D eigenvalue weighted by atomic mass is 35.5. The molecular weight excluding hydrogens is 338 g/mol. The summed E-state index contributed by atoms with van der Waals surface area (Å²) in [5.74, 6) is -0.325. The molecule has 1 heterocycles. The quantitative estimate of drug-likeness (QED) is 0.780. The summed E-state index contributed by atoms with van der Waals surface area (Å²) in [6, 6.07) is 16.0. The predicted molar refractivity (Wildman–Crippen MR) is 98.8 cm³/mol. The summed E-state index contributed by atoms with van der Waals surface area (Å²) in [4.78, 5) is 28.6. The fourth-order valence-corrected chi connectivity index (χ4v) is 2.54. The number of carbonyl (C=O) groups excluding carboxylic acids is 1. The molecule has 0 atom stereocenters. The van der Waals surface area contributed by atoms with Crippen molar-refractivity contribution in [2.45, 2.75) is 13.5 Å². The van der Waals surface area contributed by atoms with Gasteiger partial charge in [0.2, 0.25) is 5.91 Å². The summed E-state index contributed by atoms with van der Waals surface area (Å²) in [5.41, 5.74) is 2.87. The molecule has 1 amide bonds. The van der Waals surface area contributed by atoms with E-state index in [1.54, 1.807) is 24.3 Å². The molecule has 0 fully saturated rings. The van der Waals surface area contributed by atoms with Gasteiger partial charge in [0.1, 0.15) is 6.54 Å². The molecule has 1 N–H and O–H groups in total. The number of nitrogens with zero attached hydrogens (tertiary/aromatic N) is 2. The number of aromatic nitrogens is 2. The lowest BCUT2D eigenvalue weighted by Gasteiger charge is -2.08. The number of anilines is 1. The van der Waals surface area contributed by atoms with Crippen molar-refractivity contribution in [3.8, 4) is 11.3 Å². The van der Waals surface area contributed by atoms with Crippen LogP contribution in [0, 0.1) is 6.92 Å². The van der Waals surface area contributed by atoms with Crippen molar-refractivity contribution in [2.75, 3.05) is 5.32 Å². The zero-order chi connectivity index (χ0) is 17.8. The Hall–Kier alpha value is -2.92. The Labute approximate surface area is 149 Å². The highest BCUT2D eigenvalue weighted by molar-refractivity contribution is 6.30. The molecule has 0 spiro atoms. The summed E-state index contributed by atoms with van der Waals surface area (Å²) in [6.07, 6.45) is 1.38. The Morgan fingerprint density at radius 2 is 1.92 bits per heavy atom. The summed E-state index contributed by atoms with van der Waals surface area (Å²) >= 11 is 5.88. The Balaban J connectivity index is 1.74. The van der Waals surface area contributed by atoms with E-state index in [2.05, 4.69) is 10.3 Å². The number of rotatable bonds is 4. The van der Waals surface area contributed by atoms with Gasteiger partial charge in [0.05, 0.1) is 12.0 Å². The second-order valence-corrected chi connectivity index (χ2v) is 6.10. The molecule has 126 valence electrons. The average Bonchev–Trinajstić information content (AvgIpc) is 2.57. The molecule has 0 saturated carbocycles. The summed E-state index contributed by atoms with van der Waals surface area (Å²) in [5, 5.41) is 3.23. The minimum atomic E-state index is -0.325. The first-order chi connectivity index (χ1) is 12.0. The van der Waals surface area contributed by atoms with Gasteiger partial charge >= 0.3 is 0 Å². The molecule has 25 heavy (non-hydrogen) atoms. The van der Waals surface area contributed by atoms with E-state index in [1.165, 1.54) is 17.0 Å². The van der Waals surface area contributed by atoms with Crippen LogP contribution in [0.1, 0.15) is 5.56 Å². The molecule has 3 aromatic rings. The Bertz CT molecular complexity index is 965. The third kappa shape index (κ3) is 4.33. The van der Waals surface area contributed by atoms with Gasteiger partial charge in [-0.3, -0.25) is 14.2 Å². The van der Waals surface area contributed by atoms with Crippen molar-refractivity contribution < 1.29 is 4.79 Å². The van der Waals surface area contributed by atoms with Gasteiger partial charge in [0.25, 0.3) is 5.56 Å². The lowest BCUT2D eigenvalue weighted by molar-refractivity contribution is -0.116. The molecule has 0 radical (unpaired) electrons. The number of benzene rings is 2. The van der Waals surface area contributed by atoms with Gasteiger partial charge in [0, 0.05) is 22.3 Å². The van der Waals surface area contributed by atoms with Gasteiger partial charge in [0.15, 0.2) is 0 Å². The van der Waals surface area contributed by atoms with Crippen LogP contribution in [0.5, 0.6) is 0 Å². The SMILES string of the molecule is Cc1ccc(-c2cc(=O)n(CC(=O)Nc3cccc(Cl)c3)cn2)cc1. The van der Waals surface area contributed by atoms with Crippen LogP contribution in [0.3, 0.4) is 0 Å². The van der Waals surface area contributed by atoms with E-state index < -0.39 is 0 Å². The van der Waals surface area contributed by atoms with Crippen LogP contribution >= 0.6 is 11.6 Å². The van der Waals surface area contributed by atoms with Crippen molar-refractivity contribution in [1.82, 2.24) is 9.55 Å². The number of halogens is 1. The van der Waals surface area contributed by atoms with E-state index >= 15 is 0 Å². The highest BCUT2D eigenvalue weighted by Crippen LogP contribution is 2.16. The monoisotopic (exact) mass is 353 g/mol. The summed E-state index contributed by atoms with van der Waals surface area (Å²) in [6.45, 7) is 1.88. The number of nitrogens with one attached hydrogen (secondary N) is 1. The lowest BCUT2D eigenvalue weighted by atomic mass is 10.1. The molecule has 5 nitrogen and oxygen atoms in total. The molecule has 0 aliphatic heterocycles. The number of hydrogen-bond donors (Lipinski definition) is 1. The van der Waals surface area contributed by atoms with Crippen molar-refractivity contribution in [1.29, 1.82) is 0 Å². The van der Waals surface area contributed by atoms with E-state index in [1.807, 2.05) is 31.2 Å². The first-order valence-corrected chi connectivity index (χ1v) is 8.08. The molecule has 3 rings (SSSR count). The molecular formula is C19H16ClN3O2. The van der Waals surface area contributed by atoms with Gasteiger partial charge < -0.3 is 5.32 Å². The van der Waals surface area contributed by atoms with Crippen molar-refractivity contribution >= 4 is 23.2 Å². The van der Waals surface area contributed by atoms with Crippen molar-refractivity contribution in [2.24, 2.45) is 0 Å². The maximum atomic E-state index is 12.2. The van der Waals surface area contributed by atoms with Crippen LogP contribution in [0.25, 0.3) is 11.3 Å². The number of amides is 1. The van der Waals surface area contributed by atoms with Gasteiger partial charge in [-0.15, -0.1) is 0 Å². The van der Waals surface area contributed by atoms with Gasteiger partial charge in [-0.2, -0.15) is 0 Å². The van der Waals surface area contributed by atoms with Gasteiger partial charge in [-0.25, -0.2) is 4.98 Å². The molecule has 0 saturated heterocycles. The maximum Gasteiger partial charge on any atom is 0.254 e. The third-order valence-electron chi connectivity index (χ3n) is 3.65. The molecule has 0 aliphatic carbocycles. The van der Waals surface area contributed by atoms with Crippen LogP contribution in [-0.4, -0.2) is 15.5 Å². The number of hydrogen-bond acceptors (Lipinski definition) is 3. The second kappa shape index (κ2) is 7.32.